The van der Waals surface area contributed by atoms with E-state index in [0.29, 0.717) is 12.0 Å². The standard InChI is InChI=1S/C17H20F3N3/c18-17(19,20)14-7-5-6-13(12-14)15(21)8-1-3-10-22-16-9-2-4-11-23-16/h2,4-7,9,11-12,15H,1,3,8,10,21H2,(H,22,23)/t15-/m0/s1. The minimum atomic E-state index is -4.33. The number of nitrogens with two attached hydrogens (primary N) is 1. The van der Waals surface area contributed by atoms with Crippen LogP contribution in [0.1, 0.15) is 36.4 Å². The molecule has 0 bridgehead atoms. The zero-order valence-electron chi connectivity index (χ0n) is 12.7. The second-order valence-electron chi connectivity index (χ2n) is 5.37. The number of anilines is 1. The summed E-state index contributed by atoms with van der Waals surface area (Å²) in [5.74, 6) is 0.815. The highest BCUT2D eigenvalue weighted by molar-refractivity contribution is 5.32. The molecule has 0 amide bonds. The van der Waals surface area contributed by atoms with Gasteiger partial charge in [0.2, 0.25) is 0 Å². The zero-order chi connectivity index (χ0) is 16.7. The summed E-state index contributed by atoms with van der Waals surface area (Å²) in [6, 6.07) is 10.5. The molecule has 0 radical (unpaired) electrons. The van der Waals surface area contributed by atoms with Gasteiger partial charge in [0.05, 0.1) is 5.56 Å². The van der Waals surface area contributed by atoms with Gasteiger partial charge in [-0.3, -0.25) is 0 Å². The van der Waals surface area contributed by atoms with Crippen molar-refractivity contribution >= 4 is 5.82 Å². The van der Waals surface area contributed by atoms with E-state index in [4.69, 9.17) is 5.73 Å². The van der Waals surface area contributed by atoms with Crippen LogP contribution in [0.2, 0.25) is 0 Å². The smallest absolute Gasteiger partial charge is 0.370 e. The molecule has 0 spiro atoms. The van der Waals surface area contributed by atoms with Gasteiger partial charge in [0.25, 0.3) is 0 Å². The lowest BCUT2D eigenvalue weighted by Crippen LogP contribution is -2.13. The molecule has 0 saturated carbocycles. The lowest BCUT2D eigenvalue weighted by Gasteiger charge is -2.14. The Morgan fingerprint density at radius 3 is 2.61 bits per heavy atom. The van der Waals surface area contributed by atoms with Crippen LogP contribution in [0.3, 0.4) is 0 Å². The van der Waals surface area contributed by atoms with Crippen LogP contribution >= 0.6 is 0 Å². The van der Waals surface area contributed by atoms with Crippen LogP contribution in [0.15, 0.2) is 48.7 Å². The predicted octanol–water partition coefficient (Wildman–Crippen LogP) is 4.38. The molecule has 0 aliphatic carbocycles. The minimum absolute atomic E-state index is 0.382. The number of unbranched alkanes of at least 4 members (excludes halogenated alkanes) is 1. The summed E-state index contributed by atoms with van der Waals surface area (Å²) in [6.07, 6.45) is -0.264. The van der Waals surface area contributed by atoms with Gasteiger partial charge in [0.1, 0.15) is 5.82 Å². The molecule has 1 aromatic heterocycles. The summed E-state index contributed by atoms with van der Waals surface area (Å²) in [4.78, 5) is 4.15. The third-order valence-electron chi connectivity index (χ3n) is 3.56. The molecule has 0 aliphatic rings. The van der Waals surface area contributed by atoms with E-state index in [1.165, 1.54) is 6.07 Å². The second kappa shape index (κ2) is 7.97. The molecule has 3 nitrogen and oxygen atoms in total. The van der Waals surface area contributed by atoms with Crippen molar-refractivity contribution in [1.82, 2.24) is 4.98 Å². The maximum Gasteiger partial charge on any atom is 0.416 e. The van der Waals surface area contributed by atoms with E-state index in [0.717, 1.165) is 37.3 Å². The highest BCUT2D eigenvalue weighted by Gasteiger charge is 2.30. The van der Waals surface area contributed by atoms with Crippen molar-refractivity contribution in [2.45, 2.75) is 31.5 Å². The second-order valence-corrected chi connectivity index (χ2v) is 5.37. The van der Waals surface area contributed by atoms with E-state index in [9.17, 15) is 13.2 Å². The predicted molar refractivity (Wildman–Crippen MR) is 85.0 cm³/mol. The fourth-order valence-electron chi connectivity index (χ4n) is 2.29. The molecule has 0 aliphatic heterocycles. The van der Waals surface area contributed by atoms with Gasteiger partial charge in [-0.25, -0.2) is 4.98 Å². The molecule has 2 rings (SSSR count). The van der Waals surface area contributed by atoms with Crippen molar-refractivity contribution < 1.29 is 13.2 Å². The van der Waals surface area contributed by atoms with Crippen LogP contribution in [0.25, 0.3) is 0 Å². The van der Waals surface area contributed by atoms with Gasteiger partial charge in [-0.05, 0) is 49.1 Å². The molecule has 1 heterocycles. The maximum atomic E-state index is 12.7. The highest BCUT2D eigenvalue weighted by Crippen LogP contribution is 2.31. The number of hydrogen-bond donors (Lipinski definition) is 2. The van der Waals surface area contributed by atoms with Gasteiger partial charge >= 0.3 is 6.18 Å². The number of nitrogens with zero attached hydrogens (tertiary/aromatic N) is 1. The SMILES string of the molecule is N[C@@H](CCCCNc1ccccn1)c1cccc(C(F)(F)F)c1. The third kappa shape index (κ3) is 5.56. The van der Waals surface area contributed by atoms with E-state index in [-0.39, 0.29) is 6.04 Å². The van der Waals surface area contributed by atoms with Crippen molar-refractivity contribution in [2.24, 2.45) is 5.73 Å². The van der Waals surface area contributed by atoms with Gasteiger partial charge in [-0.2, -0.15) is 13.2 Å². The summed E-state index contributed by atoms with van der Waals surface area (Å²) in [7, 11) is 0. The molecule has 124 valence electrons. The minimum Gasteiger partial charge on any atom is -0.370 e. The number of aromatic nitrogens is 1. The van der Waals surface area contributed by atoms with Crippen LogP contribution in [0.4, 0.5) is 19.0 Å². The van der Waals surface area contributed by atoms with Gasteiger partial charge in [0.15, 0.2) is 0 Å². The first-order valence-electron chi connectivity index (χ1n) is 7.54. The molecular weight excluding hydrogens is 303 g/mol. The first-order chi connectivity index (χ1) is 11.0. The molecular formula is C17H20F3N3. The Labute approximate surface area is 133 Å². The number of rotatable bonds is 7. The van der Waals surface area contributed by atoms with Crippen molar-refractivity contribution in [2.75, 3.05) is 11.9 Å². The van der Waals surface area contributed by atoms with Gasteiger partial charge in [-0.15, -0.1) is 0 Å². The van der Waals surface area contributed by atoms with Crippen molar-refractivity contribution in [3.05, 3.63) is 59.8 Å². The van der Waals surface area contributed by atoms with Crippen LogP contribution in [-0.2, 0) is 6.18 Å². The van der Waals surface area contributed by atoms with Crippen molar-refractivity contribution in [1.29, 1.82) is 0 Å². The lowest BCUT2D eigenvalue weighted by atomic mass is 10.00. The maximum absolute atomic E-state index is 12.7. The van der Waals surface area contributed by atoms with Crippen LogP contribution in [-0.4, -0.2) is 11.5 Å². The Hall–Kier alpha value is -2.08. The summed E-state index contributed by atoms with van der Waals surface area (Å²) in [5, 5.41) is 3.19. The Kier molecular flexibility index (Phi) is 5.98. The average Bonchev–Trinajstić information content (AvgIpc) is 2.54. The molecule has 6 heteroatoms. The summed E-state index contributed by atoms with van der Waals surface area (Å²) >= 11 is 0. The lowest BCUT2D eigenvalue weighted by molar-refractivity contribution is -0.137. The fraction of sp³-hybridized carbons (Fsp3) is 0.353. The molecule has 1 atom stereocenters. The summed E-state index contributed by atoms with van der Waals surface area (Å²) in [6.45, 7) is 0.756. The first-order valence-corrected chi connectivity index (χ1v) is 7.54. The number of alkyl halides is 3. The van der Waals surface area contributed by atoms with E-state index >= 15 is 0 Å². The highest BCUT2D eigenvalue weighted by atomic mass is 19.4. The Morgan fingerprint density at radius 1 is 1.09 bits per heavy atom. The van der Waals surface area contributed by atoms with Gasteiger partial charge in [-0.1, -0.05) is 18.2 Å². The molecule has 23 heavy (non-hydrogen) atoms. The largest absolute Gasteiger partial charge is 0.416 e. The molecule has 0 unspecified atom stereocenters. The molecule has 0 saturated heterocycles. The third-order valence-corrected chi connectivity index (χ3v) is 3.56. The number of hydrogen-bond acceptors (Lipinski definition) is 3. The van der Waals surface area contributed by atoms with E-state index in [1.807, 2.05) is 18.2 Å². The Balaban J connectivity index is 1.75. The normalized spacial score (nSPS) is 12.9. The number of benzene rings is 1. The van der Waals surface area contributed by atoms with Gasteiger partial charge in [0, 0.05) is 18.8 Å². The molecule has 1 aromatic carbocycles. The van der Waals surface area contributed by atoms with E-state index < -0.39 is 11.7 Å². The van der Waals surface area contributed by atoms with Crippen molar-refractivity contribution in [3.8, 4) is 0 Å². The number of pyridine rings is 1. The molecule has 2 aromatic rings. The summed E-state index contributed by atoms with van der Waals surface area (Å²) < 4.78 is 38.1. The number of nitrogens with one attached hydrogen (secondary N) is 1. The number of halogens is 3. The van der Waals surface area contributed by atoms with Crippen LogP contribution in [0.5, 0.6) is 0 Å². The van der Waals surface area contributed by atoms with Crippen LogP contribution < -0.4 is 11.1 Å². The summed E-state index contributed by atoms with van der Waals surface area (Å²) in [5.41, 5.74) is 5.88. The van der Waals surface area contributed by atoms with Gasteiger partial charge < -0.3 is 11.1 Å². The molecule has 0 fully saturated rings. The first kappa shape index (κ1) is 17.3. The van der Waals surface area contributed by atoms with E-state index in [2.05, 4.69) is 10.3 Å². The fourth-order valence-corrected chi connectivity index (χ4v) is 2.29. The molecule has 3 N–H and O–H groups in total. The van der Waals surface area contributed by atoms with Crippen molar-refractivity contribution in [3.63, 3.8) is 0 Å². The topological polar surface area (TPSA) is 50.9 Å². The van der Waals surface area contributed by atoms with Crippen LogP contribution in [0, 0.1) is 0 Å². The Bertz CT molecular complexity index is 600. The monoisotopic (exact) mass is 323 g/mol. The van der Waals surface area contributed by atoms with E-state index in [1.54, 1.807) is 12.3 Å². The quantitative estimate of drug-likeness (QED) is 0.743. The zero-order valence-corrected chi connectivity index (χ0v) is 12.7. The average molecular weight is 323 g/mol. The Morgan fingerprint density at radius 2 is 1.91 bits per heavy atom.